The van der Waals surface area contributed by atoms with Gasteiger partial charge in [0.05, 0.1) is 21.2 Å². The minimum atomic E-state index is -4.15. The second kappa shape index (κ2) is 7.97. The van der Waals surface area contributed by atoms with Gasteiger partial charge in [-0.05, 0) is 66.7 Å². The Morgan fingerprint density at radius 3 is 1.48 bits per heavy atom. The molecule has 6 nitrogen and oxygen atoms in total. The van der Waals surface area contributed by atoms with E-state index in [9.17, 15) is 25.6 Å². The Hall–Kier alpha value is -2.69. The molecule has 29 heavy (non-hydrogen) atoms. The summed E-state index contributed by atoms with van der Waals surface area (Å²) < 4.78 is 80.8. The van der Waals surface area contributed by atoms with Gasteiger partial charge in [-0.3, -0.25) is 9.44 Å². The summed E-state index contributed by atoms with van der Waals surface area (Å²) in [5, 5.41) is 0.145. The van der Waals surface area contributed by atoms with Crippen molar-refractivity contribution in [3.05, 3.63) is 83.4 Å². The van der Waals surface area contributed by atoms with E-state index in [2.05, 4.69) is 9.44 Å². The van der Waals surface area contributed by atoms with Crippen molar-refractivity contribution in [2.24, 2.45) is 0 Å². The molecule has 0 spiro atoms. The number of benzene rings is 3. The van der Waals surface area contributed by atoms with Crippen LogP contribution < -0.4 is 9.44 Å². The average Bonchev–Trinajstić information content (AvgIpc) is 2.64. The second-order valence-electron chi connectivity index (χ2n) is 5.81. The van der Waals surface area contributed by atoms with E-state index in [0.29, 0.717) is 0 Å². The van der Waals surface area contributed by atoms with E-state index in [1.54, 1.807) is 0 Å². The zero-order valence-corrected chi connectivity index (χ0v) is 16.8. The van der Waals surface area contributed by atoms with Crippen molar-refractivity contribution in [1.29, 1.82) is 0 Å². The molecule has 0 saturated heterocycles. The van der Waals surface area contributed by atoms with Gasteiger partial charge in [0.2, 0.25) is 0 Å². The number of nitrogens with one attached hydrogen (secondary N) is 2. The highest BCUT2D eigenvalue weighted by molar-refractivity contribution is 7.93. The first kappa shape index (κ1) is 21.0. The lowest BCUT2D eigenvalue weighted by Gasteiger charge is -2.15. The van der Waals surface area contributed by atoms with Gasteiger partial charge in [0.15, 0.2) is 0 Å². The number of sulfonamides is 2. The average molecular weight is 459 g/mol. The maximum absolute atomic E-state index is 13.1. The van der Waals surface area contributed by atoms with Crippen molar-refractivity contribution in [3.63, 3.8) is 0 Å². The van der Waals surface area contributed by atoms with Crippen LogP contribution in [0.2, 0.25) is 5.02 Å². The van der Waals surface area contributed by atoms with Gasteiger partial charge in [-0.1, -0.05) is 11.6 Å². The van der Waals surface area contributed by atoms with Crippen LogP contribution in [0.3, 0.4) is 0 Å². The molecule has 0 unspecified atom stereocenters. The number of halogens is 3. The molecule has 0 aliphatic carbocycles. The van der Waals surface area contributed by atoms with Gasteiger partial charge in [-0.2, -0.15) is 0 Å². The molecule has 152 valence electrons. The first-order valence-electron chi connectivity index (χ1n) is 7.93. The summed E-state index contributed by atoms with van der Waals surface area (Å²) in [5.74, 6) is -1.22. The van der Waals surface area contributed by atoms with Gasteiger partial charge < -0.3 is 0 Å². The van der Waals surface area contributed by atoms with Crippen LogP contribution in [0, 0.1) is 11.6 Å². The smallest absolute Gasteiger partial charge is 0.261 e. The van der Waals surface area contributed by atoms with E-state index in [0.717, 1.165) is 48.5 Å². The van der Waals surface area contributed by atoms with Gasteiger partial charge in [-0.25, -0.2) is 25.6 Å². The van der Waals surface area contributed by atoms with Crippen molar-refractivity contribution in [2.45, 2.75) is 9.79 Å². The largest absolute Gasteiger partial charge is 0.277 e. The molecule has 0 aliphatic heterocycles. The number of anilines is 2. The minimum Gasteiger partial charge on any atom is -0.277 e. The molecule has 0 bridgehead atoms. The van der Waals surface area contributed by atoms with Gasteiger partial charge in [-0.15, -0.1) is 0 Å². The molecular weight excluding hydrogens is 446 g/mol. The molecule has 0 aliphatic rings. The lowest BCUT2D eigenvalue weighted by Crippen LogP contribution is -2.17. The predicted octanol–water partition coefficient (Wildman–Crippen LogP) is 4.22. The molecule has 0 amide bonds. The molecule has 0 fully saturated rings. The predicted molar refractivity (Wildman–Crippen MR) is 106 cm³/mol. The topological polar surface area (TPSA) is 92.3 Å². The van der Waals surface area contributed by atoms with Crippen molar-refractivity contribution in [2.75, 3.05) is 9.44 Å². The summed E-state index contributed by atoms with van der Waals surface area (Å²) in [7, 11) is -8.29. The molecule has 3 aromatic carbocycles. The van der Waals surface area contributed by atoms with Crippen LogP contribution in [0.15, 0.2) is 76.5 Å². The van der Waals surface area contributed by atoms with Gasteiger partial charge >= 0.3 is 0 Å². The van der Waals surface area contributed by atoms with Crippen LogP contribution in [-0.2, 0) is 20.0 Å². The summed E-state index contributed by atoms with van der Waals surface area (Å²) in [6.45, 7) is 0. The molecular formula is C18H13ClF2N2O4S2. The van der Waals surface area contributed by atoms with Gasteiger partial charge in [0.25, 0.3) is 20.0 Å². The standard InChI is InChI=1S/C18H13ClF2N2O4S2/c19-12-1-10-17(22-28(24,25)15-6-2-13(20)3-7-15)18(11-12)23-29(26,27)16-8-4-14(21)5-9-16/h1-11,22-23H. The van der Waals surface area contributed by atoms with E-state index in [1.165, 1.54) is 18.2 Å². The highest BCUT2D eigenvalue weighted by atomic mass is 35.5. The summed E-state index contributed by atoms with van der Waals surface area (Å²) in [4.78, 5) is -0.451. The number of hydrogen-bond acceptors (Lipinski definition) is 4. The fourth-order valence-electron chi connectivity index (χ4n) is 2.32. The monoisotopic (exact) mass is 458 g/mol. The Morgan fingerprint density at radius 1 is 0.621 bits per heavy atom. The summed E-state index contributed by atoms with van der Waals surface area (Å²) in [5.41, 5.74) is -0.253. The zero-order valence-electron chi connectivity index (χ0n) is 14.4. The second-order valence-corrected chi connectivity index (χ2v) is 9.61. The van der Waals surface area contributed by atoms with Crippen molar-refractivity contribution in [3.8, 4) is 0 Å². The Balaban J connectivity index is 1.96. The molecule has 11 heteroatoms. The fourth-order valence-corrected chi connectivity index (χ4v) is 4.65. The van der Waals surface area contributed by atoms with Crippen molar-refractivity contribution >= 4 is 43.0 Å². The minimum absolute atomic E-state index is 0.107. The van der Waals surface area contributed by atoms with Crippen LogP contribution in [-0.4, -0.2) is 16.8 Å². The highest BCUT2D eigenvalue weighted by Gasteiger charge is 2.20. The Bertz CT molecular complexity index is 1250. The maximum Gasteiger partial charge on any atom is 0.261 e. The first-order valence-corrected chi connectivity index (χ1v) is 11.3. The molecule has 3 rings (SSSR count). The van der Waals surface area contributed by atoms with Gasteiger partial charge in [0, 0.05) is 5.02 Å². The molecule has 0 atom stereocenters. The fraction of sp³-hybridized carbons (Fsp3) is 0. The molecule has 3 aromatic rings. The van der Waals surface area contributed by atoms with Crippen LogP contribution in [0.5, 0.6) is 0 Å². The highest BCUT2D eigenvalue weighted by Crippen LogP contribution is 2.30. The van der Waals surface area contributed by atoms with Crippen LogP contribution in [0.25, 0.3) is 0 Å². The molecule has 0 aromatic heterocycles. The maximum atomic E-state index is 13.1. The molecule has 0 heterocycles. The van der Waals surface area contributed by atoms with Crippen molar-refractivity contribution in [1.82, 2.24) is 0 Å². The summed E-state index contributed by atoms with van der Waals surface area (Å²) in [6.07, 6.45) is 0. The molecule has 0 radical (unpaired) electrons. The molecule has 2 N–H and O–H groups in total. The van der Waals surface area contributed by atoms with E-state index in [-0.39, 0.29) is 26.2 Å². The number of hydrogen-bond donors (Lipinski definition) is 2. The van der Waals surface area contributed by atoms with Crippen LogP contribution >= 0.6 is 11.6 Å². The Kier molecular flexibility index (Phi) is 5.78. The Labute approximate surface area is 171 Å². The SMILES string of the molecule is O=S(=O)(Nc1ccc(Cl)cc1NS(=O)(=O)c1ccc(F)cc1)c1ccc(F)cc1. The molecule has 0 saturated carbocycles. The van der Waals surface area contributed by atoms with E-state index in [4.69, 9.17) is 11.6 Å². The van der Waals surface area contributed by atoms with E-state index < -0.39 is 31.7 Å². The van der Waals surface area contributed by atoms with Gasteiger partial charge in [0.1, 0.15) is 11.6 Å². The summed E-state index contributed by atoms with van der Waals surface area (Å²) >= 11 is 5.91. The lowest BCUT2D eigenvalue weighted by molar-refractivity contribution is 0.597. The third-order valence-corrected chi connectivity index (χ3v) is 6.72. The van der Waals surface area contributed by atoms with Crippen LogP contribution in [0.4, 0.5) is 20.2 Å². The van der Waals surface area contributed by atoms with E-state index >= 15 is 0 Å². The van der Waals surface area contributed by atoms with Crippen LogP contribution in [0.1, 0.15) is 0 Å². The lowest BCUT2D eigenvalue weighted by atomic mass is 10.3. The third-order valence-electron chi connectivity index (χ3n) is 3.72. The number of rotatable bonds is 6. The van der Waals surface area contributed by atoms with E-state index in [1.807, 2.05) is 0 Å². The quantitative estimate of drug-likeness (QED) is 0.578. The normalized spacial score (nSPS) is 11.8. The zero-order chi connectivity index (χ0) is 21.2. The van der Waals surface area contributed by atoms with Crippen molar-refractivity contribution < 1.29 is 25.6 Å². The third kappa shape index (κ3) is 5.03. The summed E-state index contributed by atoms with van der Waals surface area (Å²) in [6, 6.07) is 12.0. The Morgan fingerprint density at radius 2 is 1.03 bits per heavy atom. The first-order chi connectivity index (χ1) is 13.6.